The molecule has 0 rings (SSSR count). The fourth-order valence-corrected chi connectivity index (χ4v) is 0. The van der Waals surface area contributed by atoms with E-state index in [0.29, 0.717) is 0 Å². The van der Waals surface area contributed by atoms with Crippen LogP contribution in [0.5, 0.6) is 0 Å². The molecule has 0 aromatic rings. The second kappa shape index (κ2) is 16.0. The number of carboxylic acid groups (broad SMARTS) is 1. The van der Waals surface area contributed by atoms with Crippen molar-refractivity contribution in [2.75, 3.05) is 12.5 Å². The fourth-order valence-electron chi connectivity index (χ4n) is 0. The number of amides is 1. The molecule has 0 unspecified atom stereocenters. The molecule has 0 saturated carbocycles. The van der Waals surface area contributed by atoms with Crippen molar-refractivity contribution in [3.63, 3.8) is 0 Å². The summed E-state index contributed by atoms with van der Waals surface area (Å²) in [5, 5.41) is 7.19. The average Bonchev–Trinajstić information content (AvgIpc) is 1.65. The van der Waals surface area contributed by atoms with Crippen molar-refractivity contribution in [3.8, 4) is 0 Å². The van der Waals surface area contributed by atoms with E-state index in [1.54, 1.807) is 21.6 Å². The van der Waals surface area contributed by atoms with Gasteiger partial charge < -0.3 is 10.8 Å². The second-order valence-corrected chi connectivity index (χ2v) is 3.34. The van der Waals surface area contributed by atoms with Crippen LogP contribution in [0.15, 0.2) is 0 Å². The van der Waals surface area contributed by atoms with E-state index in [-0.39, 0.29) is 29.6 Å². The predicted octanol–water partition coefficient (Wildman–Crippen LogP) is 0.602. The van der Waals surface area contributed by atoms with Crippen LogP contribution in [0.3, 0.4) is 0 Å². The van der Waals surface area contributed by atoms with Crippen molar-refractivity contribution in [1.82, 2.24) is 0 Å². The zero-order valence-electron chi connectivity index (χ0n) is 4.75. The number of primary amides is 1. The van der Waals surface area contributed by atoms with E-state index >= 15 is 0 Å². The van der Waals surface area contributed by atoms with Gasteiger partial charge in [0.15, 0.2) is 0 Å². The van der Waals surface area contributed by atoms with E-state index in [1.165, 1.54) is 0 Å². The van der Waals surface area contributed by atoms with Crippen LogP contribution in [0.25, 0.3) is 0 Å². The molecule has 1 amide bonds. The average molecular weight is 179 g/mol. The monoisotopic (exact) mass is 179 g/mol. The van der Waals surface area contributed by atoms with Gasteiger partial charge in [-0.1, -0.05) is 21.6 Å². The summed E-state index contributed by atoms with van der Waals surface area (Å²) < 4.78 is 0. The molecule has 0 aliphatic heterocycles. The molecule has 3 nitrogen and oxygen atoms in total. The molecule has 52 valence electrons. The van der Waals surface area contributed by atoms with Crippen LogP contribution in [0.4, 0.5) is 4.79 Å². The first-order chi connectivity index (χ1) is 3.65. The maximum absolute atomic E-state index is 8.78. The van der Waals surface area contributed by atoms with Gasteiger partial charge in [0.1, 0.15) is 0 Å². The van der Waals surface area contributed by atoms with Crippen molar-refractivity contribution in [2.45, 2.75) is 0 Å². The third-order valence-electron chi connectivity index (χ3n) is 0.167. The molecule has 0 aromatic heterocycles. The van der Waals surface area contributed by atoms with Gasteiger partial charge in [-0.15, -0.1) is 0 Å². The SMILES string of the molecule is CSSC.NC(=O)O.[NaH]. The fraction of sp³-hybridized carbons (Fsp3) is 0.667. The predicted molar refractivity (Wildman–Crippen MR) is 46.4 cm³/mol. The van der Waals surface area contributed by atoms with Crippen LogP contribution in [-0.4, -0.2) is 53.3 Å². The Kier molecular flexibility index (Phi) is 29.3. The number of hydrogen-bond donors (Lipinski definition) is 2. The molecule has 3 N–H and O–H groups in total. The van der Waals surface area contributed by atoms with E-state index in [0.717, 1.165) is 0 Å². The van der Waals surface area contributed by atoms with Gasteiger partial charge in [0.2, 0.25) is 0 Å². The van der Waals surface area contributed by atoms with Crippen LogP contribution in [-0.2, 0) is 0 Å². The van der Waals surface area contributed by atoms with E-state index < -0.39 is 6.09 Å². The minimum absolute atomic E-state index is 0. The first-order valence-electron chi connectivity index (χ1n) is 1.70. The zero-order valence-corrected chi connectivity index (χ0v) is 6.38. The number of hydrogen-bond acceptors (Lipinski definition) is 3. The Hall–Kier alpha value is 0.970. The van der Waals surface area contributed by atoms with Gasteiger partial charge in [-0.3, -0.25) is 0 Å². The summed E-state index contributed by atoms with van der Waals surface area (Å²) in [5.41, 5.74) is 4.03. The summed E-state index contributed by atoms with van der Waals surface area (Å²) in [7, 11) is 3.55. The summed E-state index contributed by atoms with van der Waals surface area (Å²) >= 11 is 0. The van der Waals surface area contributed by atoms with E-state index in [2.05, 4.69) is 18.2 Å². The Balaban J connectivity index is -0.0000000720. The third-order valence-corrected chi connectivity index (χ3v) is 1.50. The molecule has 0 bridgehead atoms. The van der Waals surface area contributed by atoms with Crippen LogP contribution in [0.2, 0.25) is 0 Å². The Labute approximate surface area is 84.8 Å². The molecule has 0 aliphatic carbocycles. The Morgan fingerprint density at radius 1 is 1.44 bits per heavy atom. The molecule has 0 heterocycles. The summed E-state index contributed by atoms with van der Waals surface area (Å²) in [5.74, 6) is 0. The molecule has 0 aromatic carbocycles. The molecular formula is C3H10NNaO2S2. The molecule has 6 heteroatoms. The van der Waals surface area contributed by atoms with Gasteiger partial charge in [-0.25, -0.2) is 4.79 Å². The first kappa shape index (κ1) is 16.5. The second-order valence-electron chi connectivity index (χ2n) is 0.672. The first-order valence-corrected chi connectivity index (χ1v) is 4.67. The Morgan fingerprint density at radius 3 is 1.56 bits per heavy atom. The molecule has 0 fully saturated rings. The van der Waals surface area contributed by atoms with Crippen LogP contribution in [0.1, 0.15) is 0 Å². The van der Waals surface area contributed by atoms with E-state index in [9.17, 15) is 0 Å². The van der Waals surface area contributed by atoms with Crippen molar-refractivity contribution in [2.24, 2.45) is 5.73 Å². The molecular weight excluding hydrogens is 169 g/mol. The normalized spacial score (nSPS) is 6.00. The quantitative estimate of drug-likeness (QED) is 0.457. The summed E-state index contributed by atoms with van der Waals surface area (Å²) in [6, 6.07) is 0. The zero-order chi connectivity index (χ0) is 6.99. The molecule has 9 heavy (non-hydrogen) atoms. The minimum atomic E-state index is -1.33. The van der Waals surface area contributed by atoms with Crippen molar-refractivity contribution in [3.05, 3.63) is 0 Å². The third kappa shape index (κ3) is 112. The Morgan fingerprint density at radius 2 is 1.56 bits per heavy atom. The van der Waals surface area contributed by atoms with Crippen LogP contribution in [0, 0.1) is 0 Å². The van der Waals surface area contributed by atoms with Gasteiger partial charge in [0.25, 0.3) is 0 Å². The van der Waals surface area contributed by atoms with Gasteiger partial charge in [-0.05, 0) is 12.5 Å². The van der Waals surface area contributed by atoms with Gasteiger partial charge in [0.05, 0.1) is 0 Å². The van der Waals surface area contributed by atoms with Crippen molar-refractivity contribution in [1.29, 1.82) is 0 Å². The van der Waals surface area contributed by atoms with Crippen LogP contribution >= 0.6 is 21.6 Å². The standard InChI is InChI=1S/C2H6S2.CH3NO2.Na.H/c1-3-4-2;2-1(3)4;;/h1-2H3;2H2,(H,3,4);;. The molecule has 0 atom stereocenters. The molecule has 0 aliphatic rings. The summed E-state index contributed by atoms with van der Waals surface area (Å²) in [6.45, 7) is 0. The maximum atomic E-state index is 8.78. The topological polar surface area (TPSA) is 63.3 Å². The number of carbonyl (C=O) groups is 1. The summed E-state index contributed by atoms with van der Waals surface area (Å²) in [4.78, 5) is 8.78. The van der Waals surface area contributed by atoms with Gasteiger partial charge in [-0.2, -0.15) is 0 Å². The molecule has 0 spiro atoms. The van der Waals surface area contributed by atoms with Crippen molar-refractivity contribution >= 4 is 57.2 Å². The van der Waals surface area contributed by atoms with E-state index in [1.807, 2.05) is 0 Å². The number of nitrogens with two attached hydrogens (primary N) is 1. The van der Waals surface area contributed by atoms with Gasteiger partial charge in [0, 0.05) is 0 Å². The summed E-state index contributed by atoms with van der Waals surface area (Å²) in [6.07, 6.45) is 2.79. The van der Waals surface area contributed by atoms with E-state index in [4.69, 9.17) is 9.90 Å². The van der Waals surface area contributed by atoms with Crippen LogP contribution < -0.4 is 5.73 Å². The Bertz CT molecular complexity index is 57.8. The molecule has 0 saturated heterocycles. The molecule has 0 radical (unpaired) electrons. The van der Waals surface area contributed by atoms with Gasteiger partial charge >= 0.3 is 35.7 Å². The van der Waals surface area contributed by atoms with Crippen molar-refractivity contribution < 1.29 is 9.90 Å². The number of rotatable bonds is 1.